The van der Waals surface area contributed by atoms with E-state index in [1.54, 1.807) is 0 Å². The van der Waals surface area contributed by atoms with Gasteiger partial charge < -0.3 is 4.74 Å². The molecule has 0 heterocycles. The molecule has 78 valence electrons. The molecule has 0 amide bonds. The molecule has 0 fully saturated rings. The van der Waals surface area contributed by atoms with Crippen LogP contribution in [0.1, 0.15) is 18.1 Å². The van der Waals surface area contributed by atoms with Gasteiger partial charge in [-0.3, -0.25) is 0 Å². The molecule has 0 aliphatic rings. The van der Waals surface area contributed by atoms with Crippen molar-refractivity contribution in [3.05, 3.63) is 35.4 Å². The first-order chi connectivity index (χ1) is 6.76. The van der Waals surface area contributed by atoms with Gasteiger partial charge in [0.1, 0.15) is 0 Å². The van der Waals surface area contributed by atoms with Crippen LogP contribution in [0.4, 0.5) is 0 Å². The van der Waals surface area contributed by atoms with Crippen molar-refractivity contribution < 1.29 is 4.74 Å². The summed E-state index contributed by atoms with van der Waals surface area (Å²) in [4.78, 5) is 0. The van der Waals surface area contributed by atoms with Crippen LogP contribution >= 0.6 is 15.9 Å². The number of benzene rings is 1. The smallest absolute Gasteiger partial charge is 0.0711 e. The third-order valence-corrected chi connectivity index (χ3v) is 2.88. The molecule has 2 heteroatoms. The number of hydrogen-bond acceptors (Lipinski definition) is 1. The van der Waals surface area contributed by atoms with Crippen molar-refractivity contribution in [3.8, 4) is 0 Å². The van der Waals surface area contributed by atoms with Crippen molar-refractivity contribution in [1.29, 1.82) is 0 Å². The first kappa shape index (κ1) is 11.7. The summed E-state index contributed by atoms with van der Waals surface area (Å²) in [5.41, 5.74) is 2.65. The summed E-state index contributed by atoms with van der Waals surface area (Å²) in [6, 6.07) is 8.63. The molecule has 0 saturated carbocycles. The van der Waals surface area contributed by atoms with Gasteiger partial charge in [0.05, 0.1) is 6.10 Å². The molecule has 1 atom stereocenters. The van der Waals surface area contributed by atoms with E-state index in [9.17, 15) is 0 Å². The van der Waals surface area contributed by atoms with E-state index < -0.39 is 0 Å². The summed E-state index contributed by atoms with van der Waals surface area (Å²) in [7, 11) is 0. The normalized spacial score (nSPS) is 12.8. The highest BCUT2D eigenvalue weighted by Crippen LogP contribution is 2.09. The van der Waals surface area contributed by atoms with Crippen LogP contribution in [0.2, 0.25) is 0 Å². The molecular formula is C12H17BrO. The van der Waals surface area contributed by atoms with E-state index in [0.29, 0.717) is 6.10 Å². The zero-order chi connectivity index (χ0) is 10.4. The summed E-state index contributed by atoms with van der Waals surface area (Å²) in [5, 5.41) is 0.898. The third kappa shape index (κ3) is 3.81. The highest BCUT2D eigenvalue weighted by atomic mass is 79.9. The van der Waals surface area contributed by atoms with Crippen LogP contribution in [0, 0.1) is 6.92 Å². The molecule has 0 N–H and O–H groups in total. The Morgan fingerprint density at radius 3 is 2.43 bits per heavy atom. The number of halogens is 1. The number of hydrogen-bond donors (Lipinski definition) is 0. The molecule has 1 nitrogen and oxygen atoms in total. The van der Waals surface area contributed by atoms with Crippen molar-refractivity contribution in [1.82, 2.24) is 0 Å². The highest BCUT2D eigenvalue weighted by molar-refractivity contribution is 9.09. The minimum atomic E-state index is 0.294. The molecule has 0 aromatic heterocycles. The molecule has 1 aromatic rings. The van der Waals surface area contributed by atoms with Crippen LogP contribution in [0.5, 0.6) is 0 Å². The number of alkyl halides is 1. The average Bonchev–Trinajstić information content (AvgIpc) is 2.20. The monoisotopic (exact) mass is 256 g/mol. The van der Waals surface area contributed by atoms with Gasteiger partial charge >= 0.3 is 0 Å². The summed E-state index contributed by atoms with van der Waals surface area (Å²) < 4.78 is 5.58. The standard InChI is InChI=1S/C12H17BrO/c1-3-14-12(9-13)8-11-6-4-10(2)5-7-11/h4-7,12H,3,8-9H2,1-2H3. The molecule has 1 rings (SSSR count). The van der Waals surface area contributed by atoms with Crippen molar-refractivity contribution in [3.63, 3.8) is 0 Å². The quantitative estimate of drug-likeness (QED) is 0.735. The fraction of sp³-hybridized carbons (Fsp3) is 0.500. The van der Waals surface area contributed by atoms with Gasteiger partial charge in [-0.25, -0.2) is 0 Å². The Hall–Kier alpha value is -0.340. The van der Waals surface area contributed by atoms with Crippen LogP contribution in [-0.4, -0.2) is 18.0 Å². The molecular weight excluding hydrogens is 240 g/mol. The SMILES string of the molecule is CCOC(CBr)Cc1ccc(C)cc1. The average molecular weight is 257 g/mol. The first-order valence-corrected chi connectivity index (χ1v) is 6.11. The van der Waals surface area contributed by atoms with E-state index in [4.69, 9.17) is 4.74 Å². The fourth-order valence-electron chi connectivity index (χ4n) is 1.38. The fourth-order valence-corrected chi connectivity index (χ4v) is 1.80. The first-order valence-electron chi connectivity index (χ1n) is 4.99. The van der Waals surface area contributed by atoms with Gasteiger partial charge in [0, 0.05) is 11.9 Å². The van der Waals surface area contributed by atoms with Crippen LogP contribution in [0.25, 0.3) is 0 Å². The van der Waals surface area contributed by atoms with Gasteiger partial charge in [-0.1, -0.05) is 45.8 Å². The number of aryl methyl sites for hydroxylation is 1. The minimum absolute atomic E-state index is 0.294. The Bertz CT molecular complexity index is 256. The van der Waals surface area contributed by atoms with E-state index in [1.807, 2.05) is 6.92 Å². The molecule has 14 heavy (non-hydrogen) atoms. The Morgan fingerprint density at radius 2 is 1.93 bits per heavy atom. The lowest BCUT2D eigenvalue weighted by Crippen LogP contribution is -2.17. The largest absolute Gasteiger partial charge is 0.377 e. The lowest BCUT2D eigenvalue weighted by Gasteiger charge is -2.13. The Morgan fingerprint density at radius 1 is 1.29 bits per heavy atom. The van der Waals surface area contributed by atoms with E-state index in [1.165, 1.54) is 11.1 Å². The second kappa shape index (κ2) is 6.20. The molecule has 0 bridgehead atoms. The maximum Gasteiger partial charge on any atom is 0.0711 e. The summed E-state index contributed by atoms with van der Waals surface area (Å²) in [6.45, 7) is 4.92. The van der Waals surface area contributed by atoms with Crippen LogP contribution in [0.15, 0.2) is 24.3 Å². The lowest BCUT2D eigenvalue weighted by atomic mass is 10.1. The van der Waals surface area contributed by atoms with E-state index >= 15 is 0 Å². The van der Waals surface area contributed by atoms with Crippen LogP contribution in [-0.2, 0) is 11.2 Å². The summed E-state index contributed by atoms with van der Waals surface area (Å²) >= 11 is 3.46. The summed E-state index contributed by atoms with van der Waals surface area (Å²) in [6.07, 6.45) is 1.28. The molecule has 0 spiro atoms. The molecule has 0 aliphatic heterocycles. The van der Waals surface area contributed by atoms with E-state index in [0.717, 1.165) is 18.4 Å². The molecule has 0 radical (unpaired) electrons. The predicted octanol–water partition coefficient (Wildman–Crippen LogP) is 3.34. The van der Waals surface area contributed by atoms with Crippen LogP contribution in [0.3, 0.4) is 0 Å². The van der Waals surface area contributed by atoms with Crippen molar-refractivity contribution >= 4 is 15.9 Å². The van der Waals surface area contributed by atoms with Gasteiger partial charge in [-0.05, 0) is 25.8 Å². The second-order valence-electron chi connectivity index (χ2n) is 3.42. The molecule has 1 unspecified atom stereocenters. The maximum atomic E-state index is 5.58. The zero-order valence-electron chi connectivity index (χ0n) is 8.79. The zero-order valence-corrected chi connectivity index (χ0v) is 10.4. The lowest BCUT2D eigenvalue weighted by molar-refractivity contribution is 0.0810. The third-order valence-electron chi connectivity index (χ3n) is 2.16. The number of ether oxygens (including phenoxy) is 1. The van der Waals surface area contributed by atoms with Crippen molar-refractivity contribution in [2.45, 2.75) is 26.4 Å². The molecule has 0 saturated heterocycles. The second-order valence-corrected chi connectivity index (χ2v) is 4.07. The van der Waals surface area contributed by atoms with Gasteiger partial charge in [0.25, 0.3) is 0 Å². The van der Waals surface area contributed by atoms with Gasteiger partial charge in [-0.2, -0.15) is 0 Å². The predicted molar refractivity (Wildman–Crippen MR) is 64.1 cm³/mol. The maximum absolute atomic E-state index is 5.58. The number of rotatable bonds is 5. The Balaban J connectivity index is 2.53. The van der Waals surface area contributed by atoms with Crippen molar-refractivity contribution in [2.24, 2.45) is 0 Å². The minimum Gasteiger partial charge on any atom is -0.377 e. The van der Waals surface area contributed by atoms with Crippen molar-refractivity contribution in [2.75, 3.05) is 11.9 Å². The Labute approximate surface area is 94.6 Å². The van der Waals surface area contributed by atoms with E-state index in [2.05, 4.69) is 47.1 Å². The van der Waals surface area contributed by atoms with Gasteiger partial charge in [0.2, 0.25) is 0 Å². The Kier molecular flexibility index (Phi) is 5.20. The highest BCUT2D eigenvalue weighted by Gasteiger charge is 2.06. The van der Waals surface area contributed by atoms with Gasteiger partial charge in [-0.15, -0.1) is 0 Å². The summed E-state index contributed by atoms with van der Waals surface area (Å²) in [5.74, 6) is 0. The molecule has 1 aromatic carbocycles. The van der Waals surface area contributed by atoms with Gasteiger partial charge in [0.15, 0.2) is 0 Å². The van der Waals surface area contributed by atoms with E-state index in [-0.39, 0.29) is 0 Å². The van der Waals surface area contributed by atoms with Crippen LogP contribution < -0.4 is 0 Å². The topological polar surface area (TPSA) is 9.23 Å². The molecule has 0 aliphatic carbocycles.